The molecule has 1 rings (SSSR count). The second-order valence-corrected chi connectivity index (χ2v) is 4.75. The van der Waals surface area contributed by atoms with E-state index in [0.29, 0.717) is 23.4 Å². The largest absolute Gasteiger partial charge is 0.334 e. The molecule has 0 aromatic heterocycles. The van der Waals surface area contributed by atoms with Gasteiger partial charge in [0.1, 0.15) is 5.54 Å². The van der Waals surface area contributed by atoms with E-state index in [2.05, 4.69) is 11.4 Å². The van der Waals surface area contributed by atoms with Crippen molar-refractivity contribution in [3.8, 4) is 6.07 Å². The fourth-order valence-corrected chi connectivity index (χ4v) is 2.02. The van der Waals surface area contributed by atoms with Crippen molar-refractivity contribution < 1.29 is 4.79 Å². The Morgan fingerprint density at radius 3 is 2.50 bits per heavy atom. The molecule has 1 aromatic rings. The molecule has 0 unspecified atom stereocenters. The number of nitrogens with one attached hydrogen (secondary N) is 1. The number of hydrogen-bond donors (Lipinski definition) is 1. The highest BCUT2D eigenvalue weighted by Crippen LogP contribution is 2.20. The standard InChI is InChI=1S/C14H17ClN2O/c1-4-14(5-2,9-16)17-13(18)11-7-6-10(3)8-12(11)15/h6-8H,4-5H2,1-3H3,(H,17,18). The SMILES string of the molecule is CCC(C#N)(CC)NC(=O)c1ccc(C)cc1Cl. The van der Waals surface area contributed by atoms with Crippen LogP contribution >= 0.6 is 11.6 Å². The maximum Gasteiger partial charge on any atom is 0.254 e. The summed E-state index contributed by atoms with van der Waals surface area (Å²) in [6.45, 7) is 5.67. The molecule has 0 radical (unpaired) electrons. The molecule has 3 nitrogen and oxygen atoms in total. The zero-order valence-corrected chi connectivity index (χ0v) is 11.6. The van der Waals surface area contributed by atoms with E-state index in [1.807, 2.05) is 26.8 Å². The zero-order chi connectivity index (χ0) is 13.8. The van der Waals surface area contributed by atoms with Crippen LogP contribution in [0, 0.1) is 18.3 Å². The Bertz CT molecular complexity index is 487. The summed E-state index contributed by atoms with van der Waals surface area (Å²) in [4.78, 5) is 12.1. The number of nitrogens with zero attached hydrogens (tertiary/aromatic N) is 1. The van der Waals surface area contributed by atoms with Crippen molar-refractivity contribution in [2.24, 2.45) is 0 Å². The lowest BCUT2D eigenvalue weighted by Crippen LogP contribution is -2.46. The van der Waals surface area contributed by atoms with Crippen LogP contribution in [0.5, 0.6) is 0 Å². The molecule has 0 saturated heterocycles. The summed E-state index contributed by atoms with van der Waals surface area (Å²) in [5, 5.41) is 12.4. The van der Waals surface area contributed by atoms with Crippen LogP contribution in [0.4, 0.5) is 0 Å². The molecule has 1 aromatic carbocycles. The molecule has 4 heteroatoms. The van der Waals surface area contributed by atoms with Crippen molar-refractivity contribution in [2.45, 2.75) is 39.2 Å². The highest BCUT2D eigenvalue weighted by atomic mass is 35.5. The van der Waals surface area contributed by atoms with Gasteiger partial charge in [-0.3, -0.25) is 4.79 Å². The Balaban J connectivity index is 2.99. The highest BCUT2D eigenvalue weighted by molar-refractivity contribution is 6.33. The lowest BCUT2D eigenvalue weighted by molar-refractivity contribution is 0.0915. The molecule has 0 fully saturated rings. The van der Waals surface area contributed by atoms with Gasteiger partial charge in [0.25, 0.3) is 5.91 Å². The summed E-state index contributed by atoms with van der Waals surface area (Å²) in [5.74, 6) is -0.301. The van der Waals surface area contributed by atoms with E-state index in [0.717, 1.165) is 5.56 Å². The number of amides is 1. The summed E-state index contributed by atoms with van der Waals surface area (Å²) in [6.07, 6.45) is 1.13. The van der Waals surface area contributed by atoms with Crippen LogP contribution < -0.4 is 5.32 Å². The molecule has 0 aliphatic rings. The van der Waals surface area contributed by atoms with E-state index in [4.69, 9.17) is 11.6 Å². The molecule has 0 atom stereocenters. The Morgan fingerprint density at radius 2 is 2.06 bits per heavy atom. The predicted molar refractivity (Wildman–Crippen MR) is 72.6 cm³/mol. The minimum atomic E-state index is -0.814. The van der Waals surface area contributed by atoms with Gasteiger partial charge in [0.2, 0.25) is 0 Å². The van der Waals surface area contributed by atoms with Gasteiger partial charge < -0.3 is 5.32 Å². The van der Waals surface area contributed by atoms with Crippen molar-refractivity contribution in [3.63, 3.8) is 0 Å². The van der Waals surface area contributed by atoms with E-state index in [-0.39, 0.29) is 5.91 Å². The van der Waals surface area contributed by atoms with Crippen molar-refractivity contribution in [1.29, 1.82) is 5.26 Å². The van der Waals surface area contributed by atoms with E-state index in [1.54, 1.807) is 12.1 Å². The molecule has 0 aliphatic heterocycles. The van der Waals surface area contributed by atoms with Gasteiger partial charge in [-0.1, -0.05) is 31.5 Å². The highest BCUT2D eigenvalue weighted by Gasteiger charge is 2.28. The molecule has 0 bridgehead atoms. The van der Waals surface area contributed by atoms with Crippen LogP contribution in [0.3, 0.4) is 0 Å². The summed E-state index contributed by atoms with van der Waals surface area (Å²) >= 11 is 6.04. The minimum Gasteiger partial charge on any atom is -0.334 e. The van der Waals surface area contributed by atoms with Gasteiger partial charge in [-0.05, 0) is 37.5 Å². The van der Waals surface area contributed by atoms with Crippen molar-refractivity contribution in [2.75, 3.05) is 0 Å². The van der Waals surface area contributed by atoms with E-state index < -0.39 is 5.54 Å². The Morgan fingerprint density at radius 1 is 1.44 bits per heavy atom. The topological polar surface area (TPSA) is 52.9 Å². The van der Waals surface area contributed by atoms with Crippen molar-refractivity contribution in [1.82, 2.24) is 5.32 Å². The number of halogens is 1. The molecule has 1 N–H and O–H groups in total. The van der Waals surface area contributed by atoms with Gasteiger partial charge in [0, 0.05) is 0 Å². The number of aryl methyl sites for hydroxylation is 1. The normalized spacial score (nSPS) is 10.8. The second kappa shape index (κ2) is 5.88. The second-order valence-electron chi connectivity index (χ2n) is 4.34. The maximum absolute atomic E-state index is 12.1. The molecule has 96 valence electrons. The van der Waals surface area contributed by atoms with Crippen LogP contribution in [0.25, 0.3) is 0 Å². The average Bonchev–Trinajstić information content (AvgIpc) is 2.36. The summed E-state index contributed by atoms with van der Waals surface area (Å²) in [6, 6.07) is 7.42. The van der Waals surface area contributed by atoms with E-state index in [1.165, 1.54) is 0 Å². The molecule has 0 aliphatic carbocycles. The van der Waals surface area contributed by atoms with Crippen molar-refractivity contribution >= 4 is 17.5 Å². The monoisotopic (exact) mass is 264 g/mol. The first-order chi connectivity index (χ1) is 8.48. The fraction of sp³-hybridized carbons (Fsp3) is 0.429. The van der Waals surface area contributed by atoms with Gasteiger partial charge in [-0.25, -0.2) is 0 Å². The van der Waals surface area contributed by atoms with E-state index >= 15 is 0 Å². The number of benzene rings is 1. The number of nitriles is 1. The van der Waals surface area contributed by atoms with E-state index in [9.17, 15) is 10.1 Å². The first-order valence-electron chi connectivity index (χ1n) is 5.98. The molecule has 18 heavy (non-hydrogen) atoms. The first kappa shape index (κ1) is 14.5. The summed E-state index contributed by atoms with van der Waals surface area (Å²) in [7, 11) is 0. The van der Waals surface area contributed by atoms with Crippen LogP contribution in [0.15, 0.2) is 18.2 Å². The minimum absolute atomic E-state index is 0.301. The van der Waals surface area contributed by atoms with Crippen LogP contribution in [0.2, 0.25) is 5.02 Å². The van der Waals surface area contributed by atoms with Gasteiger partial charge in [-0.2, -0.15) is 5.26 Å². The maximum atomic E-state index is 12.1. The molecular weight excluding hydrogens is 248 g/mol. The number of carbonyl (C=O) groups is 1. The van der Waals surface area contributed by atoms with Crippen molar-refractivity contribution in [3.05, 3.63) is 34.3 Å². The quantitative estimate of drug-likeness (QED) is 0.905. The molecule has 1 amide bonds. The average molecular weight is 265 g/mol. The molecular formula is C14H17ClN2O. The lowest BCUT2D eigenvalue weighted by Gasteiger charge is -2.25. The lowest BCUT2D eigenvalue weighted by atomic mass is 9.94. The number of carbonyl (C=O) groups excluding carboxylic acids is 1. The third kappa shape index (κ3) is 3.02. The molecule has 0 spiro atoms. The molecule has 0 saturated carbocycles. The van der Waals surface area contributed by atoms with Crippen LogP contribution in [-0.4, -0.2) is 11.4 Å². The first-order valence-corrected chi connectivity index (χ1v) is 6.35. The third-order valence-electron chi connectivity index (χ3n) is 3.14. The van der Waals surface area contributed by atoms with Gasteiger partial charge in [-0.15, -0.1) is 0 Å². The molecule has 0 heterocycles. The Kier molecular flexibility index (Phi) is 4.75. The Hall–Kier alpha value is -1.53. The zero-order valence-electron chi connectivity index (χ0n) is 10.9. The van der Waals surface area contributed by atoms with Gasteiger partial charge in [0.05, 0.1) is 16.7 Å². The smallest absolute Gasteiger partial charge is 0.254 e. The Labute approximate surface area is 113 Å². The van der Waals surface area contributed by atoms with Gasteiger partial charge >= 0.3 is 0 Å². The van der Waals surface area contributed by atoms with Crippen LogP contribution in [0.1, 0.15) is 42.6 Å². The number of hydrogen-bond acceptors (Lipinski definition) is 2. The third-order valence-corrected chi connectivity index (χ3v) is 3.46. The predicted octanol–water partition coefficient (Wildman–Crippen LogP) is 3.46. The van der Waals surface area contributed by atoms with Gasteiger partial charge in [0.15, 0.2) is 0 Å². The van der Waals surface area contributed by atoms with Crippen LogP contribution in [-0.2, 0) is 0 Å². The summed E-state index contributed by atoms with van der Waals surface area (Å²) < 4.78 is 0. The summed E-state index contributed by atoms with van der Waals surface area (Å²) in [5.41, 5.74) is 0.587. The number of rotatable bonds is 4. The fourth-order valence-electron chi connectivity index (χ4n) is 1.70.